The van der Waals surface area contributed by atoms with Gasteiger partial charge in [0.15, 0.2) is 0 Å². The normalized spacial score (nSPS) is 11.1. The maximum Gasteiger partial charge on any atom is 0.307 e. The van der Waals surface area contributed by atoms with Gasteiger partial charge in [-0.1, -0.05) is 36.4 Å². The monoisotopic (exact) mass is 212 g/mol. The molecule has 0 heterocycles. The van der Waals surface area contributed by atoms with Crippen molar-refractivity contribution in [1.29, 1.82) is 0 Å². The van der Waals surface area contributed by atoms with Crippen LogP contribution in [0.1, 0.15) is 24.0 Å². The SMILES string of the molecule is O=C(O)CC=Cc1ccccc1C(F)F. The molecular formula is C11H10F2O2. The van der Waals surface area contributed by atoms with Gasteiger partial charge in [-0.05, 0) is 5.56 Å². The van der Waals surface area contributed by atoms with Crippen LogP contribution >= 0.6 is 0 Å². The number of alkyl halides is 2. The average molecular weight is 212 g/mol. The van der Waals surface area contributed by atoms with Gasteiger partial charge in [-0.3, -0.25) is 4.79 Å². The summed E-state index contributed by atoms with van der Waals surface area (Å²) in [6.45, 7) is 0. The molecule has 0 aliphatic carbocycles. The van der Waals surface area contributed by atoms with E-state index in [0.717, 1.165) is 0 Å². The third kappa shape index (κ3) is 3.50. The van der Waals surface area contributed by atoms with E-state index in [-0.39, 0.29) is 12.0 Å². The molecule has 0 amide bonds. The summed E-state index contributed by atoms with van der Waals surface area (Å²) in [7, 11) is 0. The molecule has 0 atom stereocenters. The first-order chi connectivity index (χ1) is 7.11. The molecule has 0 spiro atoms. The predicted molar refractivity (Wildman–Crippen MR) is 52.7 cm³/mol. The third-order valence-electron chi connectivity index (χ3n) is 1.82. The van der Waals surface area contributed by atoms with Crippen molar-refractivity contribution in [2.24, 2.45) is 0 Å². The molecule has 0 bridgehead atoms. The zero-order chi connectivity index (χ0) is 11.3. The summed E-state index contributed by atoms with van der Waals surface area (Å²) in [6.07, 6.45) is 0.0344. The van der Waals surface area contributed by atoms with Crippen LogP contribution < -0.4 is 0 Å². The number of halogens is 2. The van der Waals surface area contributed by atoms with Gasteiger partial charge in [-0.25, -0.2) is 8.78 Å². The van der Waals surface area contributed by atoms with E-state index >= 15 is 0 Å². The van der Waals surface area contributed by atoms with Gasteiger partial charge in [0.1, 0.15) is 0 Å². The number of aliphatic carboxylic acids is 1. The Morgan fingerprint density at radius 3 is 2.67 bits per heavy atom. The molecule has 0 aliphatic rings. The Hall–Kier alpha value is -1.71. The van der Waals surface area contributed by atoms with Crippen LogP contribution in [0.4, 0.5) is 8.78 Å². The van der Waals surface area contributed by atoms with Crippen molar-refractivity contribution < 1.29 is 18.7 Å². The fraction of sp³-hybridized carbons (Fsp3) is 0.182. The van der Waals surface area contributed by atoms with Crippen LogP contribution in [0.5, 0.6) is 0 Å². The van der Waals surface area contributed by atoms with Gasteiger partial charge in [-0.2, -0.15) is 0 Å². The summed E-state index contributed by atoms with van der Waals surface area (Å²) in [4.78, 5) is 10.2. The van der Waals surface area contributed by atoms with E-state index in [1.807, 2.05) is 0 Å². The second-order valence-corrected chi connectivity index (χ2v) is 2.93. The molecule has 0 fully saturated rings. The second-order valence-electron chi connectivity index (χ2n) is 2.93. The molecule has 15 heavy (non-hydrogen) atoms. The Kier molecular flexibility index (Phi) is 3.97. The molecule has 1 aromatic rings. The van der Waals surface area contributed by atoms with Crippen LogP contribution in [-0.4, -0.2) is 11.1 Å². The first kappa shape index (κ1) is 11.4. The number of carboxylic acids is 1. The van der Waals surface area contributed by atoms with E-state index in [1.165, 1.54) is 30.4 Å². The lowest BCUT2D eigenvalue weighted by atomic mass is 10.1. The summed E-state index contributed by atoms with van der Waals surface area (Å²) in [5, 5.41) is 8.37. The third-order valence-corrected chi connectivity index (χ3v) is 1.82. The van der Waals surface area contributed by atoms with E-state index in [1.54, 1.807) is 6.07 Å². The standard InChI is InChI=1S/C11H10F2O2/c12-11(13)9-6-2-1-4-8(9)5-3-7-10(14)15/h1-6,11H,7H2,(H,14,15). The minimum atomic E-state index is -2.55. The van der Waals surface area contributed by atoms with Crippen molar-refractivity contribution in [3.63, 3.8) is 0 Å². The number of rotatable bonds is 4. The molecule has 2 nitrogen and oxygen atoms in total. The molecule has 0 unspecified atom stereocenters. The molecule has 0 saturated heterocycles. The first-order valence-electron chi connectivity index (χ1n) is 4.36. The van der Waals surface area contributed by atoms with Crippen LogP contribution in [0.25, 0.3) is 6.08 Å². The number of carbonyl (C=O) groups is 1. The van der Waals surface area contributed by atoms with Gasteiger partial charge in [0, 0.05) is 5.56 Å². The fourth-order valence-electron chi connectivity index (χ4n) is 1.15. The van der Waals surface area contributed by atoms with Gasteiger partial charge in [0.2, 0.25) is 0 Å². The average Bonchev–Trinajstić information content (AvgIpc) is 2.17. The Morgan fingerprint density at radius 1 is 1.40 bits per heavy atom. The smallest absolute Gasteiger partial charge is 0.307 e. The van der Waals surface area contributed by atoms with E-state index in [0.29, 0.717) is 5.56 Å². The predicted octanol–water partition coefficient (Wildman–Crippen LogP) is 3.11. The highest BCUT2D eigenvalue weighted by Gasteiger charge is 2.09. The van der Waals surface area contributed by atoms with Crippen LogP contribution in [0, 0.1) is 0 Å². The second kappa shape index (κ2) is 5.24. The zero-order valence-corrected chi connectivity index (χ0v) is 7.86. The quantitative estimate of drug-likeness (QED) is 0.832. The summed E-state index contributed by atoms with van der Waals surface area (Å²) < 4.78 is 24.9. The van der Waals surface area contributed by atoms with Gasteiger partial charge in [0.25, 0.3) is 6.43 Å². The number of hydrogen-bond acceptors (Lipinski definition) is 1. The number of benzene rings is 1. The maximum absolute atomic E-state index is 12.5. The highest BCUT2D eigenvalue weighted by Crippen LogP contribution is 2.23. The molecular weight excluding hydrogens is 202 g/mol. The molecule has 1 N–H and O–H groups in total. The van der Waals surface area contributed by atoms with Crippen molar-refractivity contribution in [2.75, 3.05) is 0 Å². The maximum atomic E-state index is 12.5. The highest BCUT2D eigenvalue weighted by atomic mass is 19.3. The Bertz CT molecular complexity index is 373. The minimum Gasteiger partial charge on any atom is -0.481 e. The van der Waals surface area contributed by atoms with E-state index < -0.39 is 12.4 Å². The Labute approximate surface area is 85.9 Å². The Morgan fingerprint density at radius 2 is 2.07 bits per heavy atom. The molecule has 80 valence electrons. The highest BCUT2D eigenvalue weighted by molar-refractivity contribution is 5.70. The lowest BCUT2D eigenvalue weighted by Crippen LogP contribution is -1.91. The van der Waals surface area contributed by atoms with Crippen LogP contribution in [0.2, 0.25) is 0 Å². The van der Waals surface area contributed by atoms with E-state index in [4.69, 9.17) is 5.11 Å². The van der Waals surface area contributed by atoms with Gasteiger partial charge in [-0.15, -0.1) is 0 Å². The molecule has 1 rings (SSSR count). The molecule has 0 aliphatic heterocycles. The Balaban J connectivity index is 2.84. The summed E-state index contributed by atoms with van der Waals surface area (Å²) >= 11 is 0. The van der Waals surface area contributed by atoms with Gasteiger partial charge < -0.3 is 5.11 Å². The molecule has 0 aromatic heterocycles. The number of carboxylic acid groups (broad SMARTS) is 1. The zero-order valence-electron chi connectivity index (χ0n) is 7.86. The summed E-state index contributed by atoms with van der Waals surface area (Å²) in [5.74, 6) is -0.985. The summed E-state index contributed by atoms with van der Waals surface area (Å²) in [6, 6.07) is 6.01. The van der Waals surface area contributed by atoms with Crippen LogP contribution in [0.3, 0.4) is 0 Å². The molecule has 1 aromatic carbocycles. The molecule has 0 saturated carbocycles. The topological polar surface area (TPSA) is 37.3 Å². The largest absolute Gasteiger partial charge is 0.481 e. The fourth-order valence-corrected chi connectivity index (χ4v) is 1.15. The van der Waals surface area contributed by atoms with Crippen molar-refractivity contribution in [3.05, 3.63) is 41.5 Å². The van der Waals surface area contributed by atoms with Crippen LogP contribution in [-0.2, 0) is 4.79 Å². The molecule has 0 radical (unpaired) electrons. The lowest BCUT2D eigenvalue weighted by molar-refractivity contribution is -0.135. The van der Waals surface area contributed by atoms with Crippen LogP contribution in [0.15, 0.2) is 30.3 Å². The lowest BCUT2D eigenvalue weighted by Gasteiger charge is -2.03. The number of hydrogen-bond donors (Lipinski definition) is 1. The van der Waals surface area contributed by atoms with Crippen molar-refractivity contribution in [3.8, 4) is 0 Å². The van der Waals surface area contributed by atoms with E-state index in [2.05, 4.69) is 0 Å². The molecule has 4 heteroatoms. The summed E-state index contributed by atoms with van der Waals surface area (Å²) in [5.41, 5.74) is 0.271. The van der Waals surface area contributed by atoms with Gasteiger partial charge >= 0.3 is 5.97 Å². The van der Waals surface area contributed by atoms with Crippen molar-refractivity contribution in [1.82, 2.24) is 0 Å². The van der Waals surface area contributed by atoms with Gasteiger partial charge in [0.05, 0.1) is 6.42 Å². The van der Waals surface area contributed by atoms with Crippen molar-refractivity contribution in [2.45, 2.75) is 12.8 Å². The first-order valence-corrected chi connectivity index (χ1v) is 4.36. The van der Waals surface area contributed by atoms with Crippen molar-refractivity contribution >= 4 is 12.0 Å². The van der Waals surface area contributed by atoms with E-state index in [9.17, 15) is 13.6 Å². The minimum absolute atomic E-state index is 0.0841.